The number of benzene rings is 1. The first-order chi connectivity index (χ1) is 10.6. The van der Waals surface area contributed by atoms with Crippen molar-refractivity contribution in [1.82, 2.24) is 14.5 Å². The summed E-state index contributed by atoms with van der Waals surface area (Å²) < 4.78 is 40.3. The minimum Gasteiger partial charge on any atom is -0.329 e. The molecule has 1 aromatic carbocycles. The summed E-state index contributed by atoms with van der Waals surface area (Å²) in [6.07, 6.45) is -1.75. The van der Waals surface area contributed by atoms with Crippen LogP contribution in [0, 0.1) is 5.41 Å². The second-order valence-corrected chi connectivity index (χ2v) is 7.13. The fraction of sp³-hybridized carbons (Fsp3) is 0.588. The lowest BCUT2D eigenvalue weighted by Crippen LogP contribution is -2.38. The lowest BCUT2D eigenvalue weighted by molar-refractivity contribution is -0.146. The zero-order valence-corrected chi connectivity index (χ0v) is 13.9. The zero-order chi connectivity index (χ0) is 17.1. The van der Waals surface area contributed by atoms with Gasteiger partial charge in [-0.2, -0.15) is 13.2 Å². The van der Waals surface area contributed by atoms with Crippen LogP contribution in [0.15, 0.2) is 30.6 Å². The summed E-state index contributed by atoms with van der Waals surface area (Å²) in [6.45, 7) is 6.56. The van der Waals surface area contributed by atoms with Gasteiger partial charge in [0, 0.05) is 13.1 Å². The number of rotatable bonds is 6. The van der Waals surface area contributed by atoms with Gasteiger partial charge < -0.3 is 4.57 Å². The van der Waals surface area contributed by atoms with E-state index < -0.39 is 12.7 Å². The van der Waals surface area contributed by atoms with Crippen LogP contribution < -0.4 is 0 Å². The molecule has 0 saturated carbocycles. The summed E-state index contributed by atoms with van der Waals surface area (Å²) in [5.41, 5.74) is 1.84. The SMILES string of the molecule is CC(C)(C)CCN(CCn1cnc2ccccc21)CC(F)(F)F. The Kier molecular flexibility index (Phi) is 5.34. The number of nitrogens with zero attached hydrogens (tertiary/aromatic N) is 3. The number of aromatic nitrogens is 2. The molecule has 23 heavy (non-hydrogen) atoms. The van der Waals surface area contributed by atoms with E-state index in [0.29, 0.717) is 19.6 Å². The van der Waals surface area contributed by atoms with E-state index in [1.165, 1.54) is 4.90 Å². The molecular weight excluding hydrogens is 303 g/mol. The van der Waals surface area contributed by atoms with Crippen LogP contribution in [0.2, 0.25) is 0 Å². The summed E-state index contributed by atoms with van der Waals surface area (Å²) in [5, 5.41) is 0. The highest BCUT2D eigenvalue weighted by Crippen LogP contribution is 2.22. The highest BCUT2D eigenvalue weighted by atomic mass is 19.4. The highest BCUT2D eigenvalue weighted by molar-refractivity contribution is 5.74. The molecule has 0 aliphatic heterocycles. The monoisotopic (exact) mass is 327 g/mol. The first-order valence-electron chi connectivity index (χ1n) is 7.83. The van der Waals surface area contributed by atoms with Crippen LogP contribution >= 0.6 is 0 Å². The van der Waals surface area contributed by atoms with E-state index in [1.807, 2.05) is 49.6 Å². The number of hydrogen-bond donors (Lipinski definition) is 0. The van der Waals surface area contributed by atoms with Gasteiger partial charge in [-0.3, -0.25) is 4.90 Å². The van der Waals surface area contributed by atoms with Crippen molar-refractivity contribution in [3.8, 4) is 0 Å². The van der Waals surface area contributed by atoms with Crippen LogP contribution in [0.4, 0.5) is 13.2 Å². The van der Waals surface area contributed by atoms with Gasteiger partial charge in [-0.15, -0.1) is 0 Å². The van der Waals surface area contributed by atoms with Crippen molar-refractivity contribution in [1.29, 1.82) is 0 Å². The van der Waals surface area contributed by atoms with Crippen molar-refractivity contribution in [3.63, 3.8) is 0 Å². The van der Waals surface area contributed by atoms with Gasteiger partial charge in [-0.05, 0) is 30.5 Å². The standard InChI is InChI=1S/C17H24F3N3/c1-16(2,3)8-9-22(12-17(18,19)20)10-11-23-13-21-14-6-4-5-7-15(14)23/h4-7,13H,8-12H2,1-3H3. The molecule has 0 aliphatic carbocycles. The van der Waals surface area contributed by atoms with Gasteiger partial charge >= 0.3 is 6.18 Å². The van der Waals surface area contributed by atoms with E-state index in [4.69, 9.17) is 0 Å². The zero-order valence-electron chi connectivity index (χ0n) is 13.9. The summed E-state index contributed by atoms with van der Waals surface area (Å²) in [5.74, 6) is 0. The molecule has 128 valence electrons. The van der Waals surface area contributed by atoms with Crippen molar-refractivity contribution in [2.75, 3.05) is 19.6 Å². The van der Waals surface area contributed by atoms with Gasteiger partial charge in [0.2, 0.25) is 0 Å². The molecule has 3 nitrogen and oxygen atoms in total. The molecule has 0 fully saturated rings. The third kappa shape index (κ3) is 5.86. The van der Waals surface area contributed by atoms with Crippen LogP contribution in [0.3, 0.4) is 0 Å². The molecule has 0 saturated heterocycles. The Hall–Kier alpha value is -1.56. The summed E-state index contributed by atoms with van der Waals surface area (Å²) in [6, 6.07) is 7.65. The third-order valence-electron chi connectivity index (χ3n) is 3.77. The fourth-order valence-corrected chi connectivity index (χ4v) is 2.45. The van der Waals surface area contributed by atoms with Gasteiger partial charge in [-0.1, -0.05) is 32.9 Å². The maximum absolute atomic E-state index is 12.8. The second kappa shape index (κ2) is 6.91. The molecule has 1 heterocycles. The fourth-order valence-electron chi connectivity index (χ4n) is 2.45. The normalized spacial score (nSPS) is 13.2. The van der Waals surface area contributed by atoms with Gasteiger partial charge in [0.05, 0.1) is 23.9 Å². The topological polar surface area (TPSA) is 21.1 Å². The minimum absolute atomic E-state index is 0.0194. The molecule has 0 amide bonds. The van der Waals surface area contributed by atoms with E-state index >= 15 is 0 Å². The number of imidazole rings is 1. The van der Waals surface area contributed by atoms with Crippen molar-refractivity contribution in [2.45, 2.75) is 39.9 Å². The molecular formula is C17H24F3N3. The predicted molar refractivity (Wildman–Crippen MR) is 86.3 cm³/mol. The van der Waals surface area contributed by atoms with Crippen molar-refractivity contribution in [2.24, 2.45) is 5.41 Å². The third-order valence-corrected chi connectivity index (χ3v) is 3.77. The largest absolute Gasteiger partial charge is 0.401 e. The van der Waals surface area contributed by atoms with Crippen LogP contribution in [0.5, 0.6) is 0 Å². The number of hydrogen-bond acceptors (Lipinski definition) is 2. The van der Waals surface area contributed by atoms with E-state index in [1.54, 1.807) is 6.33 Å². The predicted octanol–water partition coefficient (Wildman–Crippen LogP) is 4.34. The number of para-hydroxylation sites is 2. The first-order valence-corrected chi connectivity index (χ1v) is 7.83. The highest BCUT2D eigenvalue weighted by Gasteiger charge is 2.31. The Morgan fingerprint density at radius 2 is 1.78 bits per heavy atom. The molecule has 0 unspecified atom stereocenters. The quantitative estimate of drug-likeness (QED) is 0.787. The van der Waals surface area contributed by atoms with Crippen molar-refractivity contribution < 1.29 is 13.2 Å². The van der Waals surface area contributed by atoms with E-state index in [2.05, 4.69) is 4.98 Å². The van der Waals surface area contributed by atoms with Gasteiger partial charge in [0.25, 0.3) is 0 Å². The molecule has 2 rings (SSSR count). The smallest absolute Gasteiger partial charge is 0.329 e. The summed E-state index contributed by atoms with van der Waals surface area (Å²) >= 11 is 0. The molecule has 0 aliphatic rings. The molecule has 0 spiro atoms. The number of halogens is 3. The Morgan fingerprint density at radius 3 is 2.43 bits per heavy atom. The van der Waals surface area contributed by atoms with E-state index in [0.717, 1.165) is 17.5 Å². The lowest BCUT2D eigenvalue weighted by atomic mass is 9.92. The molecule has 0 radical (unpaired) electrons. The van der Waals surface area contributed by atoms with E-state index in [-0.39, 0.29) is 5.41 Å². The molecule has 0 bridgehead atoms. The molecule has 0 atom stereocenters. The maximum Gasteiger partial charge on any atom is 0.401 e. The maximum atomic E-state index is 12.8. The number of fused-ring (bicyclic) bond motifs is 1. The van der Waals surface area contributed by atoms with Crippen molar-refractivity contribution in [3.05, 3.63) is 30.6 Å². The average molecular weight is 327 g/mol. The van der Waals surface area contributed by atoms with Gasteiger partial charge in [0.1, 0.15) is 0 Å². The Balaban J connectivity index is 2.02. The van der Waals surface area contributed by atoms with Crippen LogP contribution in [-0.2, 0) is 6.54 Å². The van der Waals surface area contributed by atoms with Crippen LogP contribution in [-0.4, -0.2) is 40.3 Å². The van der Waals surface area contributed by atoms with Crippen LogP contribution in [0.25, 0.3) is 11.0 Å². The number of alkyl halides is 3. The Bertz CT molecular complexity index is 626. The molecule has 0 N–H and O–H groups in total. The Morgan fingerprint density at radius 1 is 1.09 bits per heavy atom. The second-order valence-electron chi connectivity index (χ2n) is 7.13. The summed E-state index contributed by atoms with van der Waals surface area (Å²) in [4.78, 5) is 5.76. The van der Waals surface area contributed by atoms with E-state index in [9.17, 15) is 13.2 Å². The van der Waals surface area contributed by atoms with Crippen molar-refractivity contribution >= 4 is 11.0 Å². The average Bonchev–Trinajstić information content (AvgIpc) is 2.83. The first kappa shape index (κ1) is 17.8. The molecule has 1 aromatic heterocycles. The molecule has 6 heteroatoms. The lowest BCUT2D eigenvalue weighted by Gasteiger charge is -2.27. The van der Waals surface area contributed by atoms with Gasteiger partial charge in [0.15, 0.2) is 0 Å². The Labute approximate surface area is 135 Å². The van der Waals surface area contributed by atoms with Crippen LogP contribution in [0.1, 0.15) is 27.2 Å². The summed E-state index contributed by atoms with van der Waals surface area (Å²) in [7, 11) is 0. The minimum atomic E-state index is -4.17. The van der Waals surface area contributed by atoms with Gasteiger partial charge in [-0.25, -0.2) is 4.98 Å². The molecule has 2 aromatic rings.